The van der Waals surface area contributed by atoms with Crippen LogP contribution in [-0.2, 0) is 44.6 Å². The quantitative estimate of drug-likeness (QED) is 0.258. The second-order valence-electron chi connectivity index (χ2n) is 12.9. The van der Waals surface area contributed by atoms with Gasteiger partial charge in [0.25, 0.3) is 0 Å². The number of likely N-dealkylation sites (tertiary alicyclic amines) is 1. The summed E-state index contributed by atoms with van der Waals surface area (Å²) >= 11 is 0. The van der Waals surface area contributed by atoms with Crippen LogP contribution in [0, 0.1) is 0 Å². The predicted octanol–water partition coefficient (Wildman–Crippen LogP) is 4.06. The maximum absolute atomic E-state index is 13.4. The number of nitrogen functional groups attached to an aromatic ring is 1. The highest BCUT2D eigenvalue weighted by atomic mass is 16.2. The maximum atomic E-state index is 13.4. The first-order valence-electron chi connectivity index (χ1n) is 15.4. The topological polar surface area (TPSA) is 122 Å². The van der Waals surface area contributed by atoms with Gasteiger partial charge in [0.05, 0.1) is 23.2 Å². The molecule has 2 atom stereocenters. The molecule has 5 heterocycles. The van der Waals surface area contributed by atoms with E-state index in [-0.39, 0.29) is 24.7 Å². The minimum Gasteiger partial charge on any atom is -0.398 e. The molecule has 9 heteroatoms. The molecule has 1 saturated heterocycles. The number of nitrogens with one attached hydrogen (secondary N) is 1. The fourth-order valence-corrected chi connectivity index (χ4v) is 8.20. The summed E-state index contributed by atoms with van der Waals surface area (Å²) in [6, 6.07) is 18.2. The van der Waals surface area contributed by atoms with Gasteiger partial charge in [0, 0.05) is 72.0 Å². The molecule has 44 heavy (non-hydrogen) atoms. The third-order valence-corrected chi connectivity index (χ3v) is 10.3. The SMILES string of the molecule is Nc1cccc2c1C(CC=O)(CC(=O)N1CCCC1)CN2Cc1ccc2cc3c(cc2n1)CC1(C3)C(=O)Nc2ncccc21. The summed E-state index contributed by atoms with van der Waals surface area (Å²) in [5.74, 6) is 0.758. The van der Waals surface area contributed by atoms with Crippen molar-refractivity contribution in [2.24, 2.45) is 0 Å². The standard InChI is InChI=1S/C35H34N6O3/c36-27-6-3-7-29-31(27)34(10-14-42,19-30(43)40-12-1-2-13-40)21-41(29)20-25-9-8-22-15-23-17-35(18-24(23)16-28(22)38-25)26-5-4-11-37-32(26)39-33(35)44/h3-9,11,14-16H,1-2,10,12-13,17-21,36H2,(H,37,39,44). The molecule has 0 bridgehead atoms. The van der Waals surface area contributed by atoms with Crippen LogP contribution in [0.15, 0.2) is 60.8 Å². The number of benzene rings is 2. The summed E-state index contributed by atoms with van der Waals surface area (Å²) in [6.45, 7) is 2.59. The lowest BCUT2D eigenvalue weighted by molar-refractivity contribution is -0.131. The molecule has 4 aliphatic rings. The van der Waals surface area contributed by atoms with Crippen LogP contribution in [0.4, 0.5) is 17.2 Å². The number of carbonyl (C=O) groups excluding carboxylic acids is 3. The third-order valence-electron chi connectivity index (χ3n) is 10.3. The molecule has 222 valence electrons. The summed E-state index contributed by atoms with van der Waals surface area (Å²) < 4.78 is 0. The number of aldehydes is 1. The number of hydrogen-bond acceptors (Lipinski definition) is 7. The van der Waals surface area contributed by atoms with Crippen LogP contribution >= 0.6 is 0 Å². The molecule has 2 unspecified atom stereocenters. The van der Waals surface area contributed by atoms with Gasteiger partial charge in [0.1, 0.15) is 12.1 Å². The Morgan fingerprint density at radius 2 is 1.86 bits per heavy atom. The Hall–Kier alpha value is -4.79. The Balaban J connectivity index is 1.10. The second-order valence-corrected chi connectivity index (χ2v) is 12.9. The van der Waals surface area contributed by atoms with Gasteiger partial charge < -0.3 is 25.6 Å². The highest BCUT2D eigenvalue weighted by Crippen LogP contribution is 2.49. The summed E-state index contributed by atoms with van der Waals surface area (Å²) in [4.78, 5) is 52.3. The molecular formula is C35H34N6O3. The summed E-state index contributed by atoms with van der Waals surface area (Å²) in [6.07, 6.45) is 6.43. The van der Waals surface area contributed by atoms with E-state index in [9.17, 15) is 14.4 Å². The van der Waals surface area contributed by atoms with Crippen molar-refractivity contribution in [1.29, 1.82) is 0 Å². The van der Waals surface area contributed by atoms with Crippen molar-refractivity contribution in [3.63, 3.8) is 0 Å². The number of hydrogen-bond donors (Lipinski definition) is 2. The van der Waals surface area contributed by atoms with Crippen LogP contribution in [0.3, 0.4) is 0 Å². The maximum Gasteiger partial charge on any atom is 0.237 e. The van der Waals surface area contributed by atoms with Crippen molar-refractivity contribution in [2.75, 3.05) is 35.6 Å². The molecule has 9 nitrogen and oxygen atoms in total. The van der Waals surface area contributed by atoms with E-state index in [0.717, 1.165) is 71.2 Å². The Morgan fingerprint density at radius 3 is 2.68 bits per heavy atom. The van der Waals surface area contributed by atoms with E-state index in [1.165, 1.54) is 5.56 Å². The monoisotopic (exact) mass is 586 g/mol. The highest BCUT2D eigenvalue weighted by Gasteiger charge is 2.51. The van der Waals surface area contributed by atoms with Crippen molar-refractivity contribution in [2.45, 2.75) is 55.9 Å². The van der Waals surface area contributed by atoms with Gasteiger partial charge in [0.2, 0.25) is 11.8 Å². The van der Waals surface area contributed by atoms with Crippen molar-refractivity contribution in [3.05, 3.63) is 88.7 Å². The average Bonchev–Trinajstić information content (AvgIpc) is 3.79. The van der Waals surface area contributed by atoms with Gasteiger partial charge in [-0.1, -0.05) is 18.2 Å². The van der Waals surface area contributed by atoms with Crippen LogP contribution in [0.1, 0.15) is 53.6 Å². The fourth-order valence-electron chi connectivity index (χ4n) is 8.20. The van der Waals surface area contributed by atoms with Crippen molar-refractivity contribution in [3.8, 4) is 0 Å². The molecule has 3 aliphatic heterocycles. The number of rotatable bonds is 6. The molecule has 1 fully saturated rings. The minimum atomic E-state index is -0.679. The molecule has 2 aromatic carbocycles. The molecular weight excluding hydrogens is 552 g/mol. The van der Waals surface area contributed by atoms with E-state index in [4.69, 9.17) is 10.7 Å². The van der Waals surface area contributed by atoms with E-state index in [2.05, 4.69) is 33.4 Å². The first-order chi connectivity index (χ1) is 21.4. The smallest absolute Gasteiger partial charge is 0.237 e. The Bertz CT molecular complexity index is 1870. The zero-order chi connectivity index (χ0) is 30.1. The van der Waals surface area contributed by atoms with Gasteiger partial charge in [0.15, 0.2) is 0 Å². The summed E-state index contributed by atoms with van der Waals surface area (Å²) in [5.41, 5.74) is 12.8. The number of nitrogens with two attached hydrogens (primary N) is 1. The number of carbonyl (C=O) groups is 3. The number of anilines is 3. The molecule has 1 spiro atoms. The largest absolute Gasteiger partial charge is 0.398 e. The average molecular weight is 587 g/mol. The Morgan fingerprint density at radius 1 is 1.05 bits per heavy atom. The number of aromatic nitrogens is 2. The van der Waals surface area contributed by atoms with E-state index >= 15 is 0 Å². The first-order valence-corrected chi connectivity index (χ1v) is 15.4. The first kappa shape index (κ1) is 26.8. The van der Waals surface area contributed by atoms with Gasteiger partial charge >= 0.3 is 0 Å². The van der Waals surface area contributed by atoms with Crippen LogP contribution in [0.25, 0.3) is 10.9 Å². The molecule has 4 aromatic rings. The van der Waals surface area contributed by atoms with E-state index in [0.29, 0.717) is 37.4 Å². The van der Waals surface area contributed by atoms with Gasteiger partial charge in [-0.3, -0.25) is 14.6 Å². The zero-order valence-corrected chi connectivity index (χ0v) is 24.5. The van der Waals surface area contributed by atoms with Gasteiger partial charge in [-0.15, -0.1) is 0 Å². The zero-order valence-electron chi connectivity index (χ0n) is 24.5. The number of amides is 2. The normalized spacial score (nSPS) is 23.2. The molecule has 2 amide bonds. The number of fused-ring (bicyclic) bond motifs is 5. The lowest BCUT2D eigenvalue weighted by Crippen LogP contribution is -2.40. The van der Waals surface area contributed by atoms with Gasteiger partial charge in [-0.25, -0.2) is 4.98 Å². The van der Waals surface area contributed by atoms with Crippen molar-refractivity contribution >= 4 is 46.2 Å². The minimum absolute atomic E-state index is 0.00842. The lowest BCUT2D eigenvalue weighted by atomic mass is 9.75. The Labute approximate surface area is 255 Å². The molecule has 0 radical (unpaired) electrons. The van der Waals surface area contributed by atoms with Crippen molar-refractivity contribution < 1.29 is 14.4 Å². The van der Waals surface area contributed by atoms with E-state index < -0.39 is 10.8 Å². The summed E-state index contributed by atoms with van der Waals surface area (Å²) in [5, 5.41) is 4.02. The Kier molecular flexibility index (Phi) is 6.01. The van der Waals surface area contributed by atoms with E-state index in [1.54, 1.807) is 6.20 Å². The highest BCUT2D eigenvalue weighted by molar-refractivity contribution is 6.06. The van der Waals surface area contributed by atoms with Crippen LogP contribution in [-0.4, -0.2) is 52.6 Å². The lowest BCUT2D eigenvalue weighted by Gasteiger charge is -2.31. The van der Waals surface area contributed by atoms with Crippen LogP contribution in [0.2, 0.25) is 0 Å². The molecule has 8 rings (SSSR count). The second kappa shape index (κ2) is 9.87. The van der Waals surface area contributed by atoms with Gasteiger partial charge in [-0.05, 0) is 73.2 Å². The summed E-state index contributed by atoms with van der Waals surface area (Å²) in [7, 11) is 0. The van der Waals surface area contributed by atoms with Crippen LogP contribution in [0.5, 0.6) is 0 Å². The molecule has 1 aliphatic carbocycles. The van der Waals surface area contributed by atoms with Gasteiger partial charge in [-0.2, -0.15) is 0 Å². The van der Waals surface area contributed by atoms with E-state index in [1.807, 2.05) is 41.3 Å². The number of nitrogens with zero attached hydrogens (tertiary/aromatic N) is 4. The van der Waals surface area contributed by atoms with Crippen LogP contribution < -0.4 is 16.0 Å². The fraction of sp³-hybridized carbons (Fsp3) is 0.343. The molecule has 3 N–H and O–H groups in total. The number of pyridine rings is 2. The van der Waals surface area contributed by atoms with Crippen molar-refractivity contribution in [1.82, 2.24) is 14.9 Å². The molecule has 2 aromatic heterocycles. The predicted molar refractivity (Wildman–Crippen MR) is 168 cm³/mol. The third kappa shape index (κ3) is 4.02. The molecule has 0 saturated carbocycles.